The second-order valence-corrected chi connectivity index (χ2v) is 7.66. The highest BCUT2D eigenvalue weighted by molar-refractivity contribution is 6.45. The molecule has 0 aliphatic carbocycles. The number of imide groups is 1. The lowest BCUT2D eigenvalue weighted by atomic mass is 9.97. The Labute approximate surface area is 177 Å². The lowest BCUT2D eigenvalue weighted by molar-refractivity contribution is -0.120. The zero-order valence-electron chi connectivity index (χ0n) is 17.4. The molecule has 0 N–H and O–H groups in total. The molecule has 1 heterocycles. The lowest BCUT2D eigenvalue weighted by Crippen LogP contribution is -2.34. The van der Waals surface area contributed by atoms with Crippen LogP contribution in [0.3, 0.4) is 0 Å². The Morgan fingerprint density at radius 2 is 1.43 bits per heavy atom. The minimum absolute atomic E-state index is 0.284. The smallest absolute Gasteiger partial charge is 0.282 e. The number of para-hydroxylation sites is 1. The molecule has 0 bridgehead atoms. The molecule has 0 fully saturated rings. The Bertz CT molecular complexity index is 1130. The number of carbonyl (C=O) groups is 2. The molecule has 3 aromatic rings. The molecular formula is C26H24N2O2. The SMILES string of the molecule is Cc1ccc(C2=C(N(C)Cc3ccccc3)C(=O)N(c3ccccc3)C2=O)c(C)c1. The summed E-state index contributed by atoms with van der Waals surface area (Å²) in [6.45, 7) is 4.53. The van der Waals surface area contributed by atoms with Crippen LogP contribution < -0.4 is 4.90 Å². The largest absolute Gasteiger partial charge is 0.365 e. The maximum absolute atomic E-state index is 13.5. The van der Waals surface area contributed by atoms with Crippen molar-refractivity contribution in [2.75, 3.05) is 11.9 Å². The van der Waals surface area contributed by atoms with Crippen molar-refractivity contribution in [3.8, 4) is 0 Å². The number of amides is 2. The second kappa shape index (κ2) is 7.99. The van der Waals surface area contributed by atoms with Gasteiger partial charge in [0, 0.05) is 13.6 Å². The Hall–Kier alpha value is -3.66. The van der Waals surface area contributed by atoms with E-state index in [9.17, 15) is 9.59 Å². The summed E-state index contributed by atoms with van der Waals surface area (Å²) in [4.78, 5) is 30.2. The van der Waals surface area contributed by atoms with Gasteiger partial charge in [-0.2, -0.15) is 0 Å². The zero-order chi connectivity index (χ0) is 21.3. The molecule has 0 saturated heterocycles. The molecule has 1 aliphatic rings. The normalized spacial score (nSPS) is 13.9. The number of carbonyl (C=O) groups excluding carboxylic acids is 2. The van der Waals surface area contributed by atoms with Crippen molar-refractivity contribution in [3.05, 3.63) is 107 Å². The number of benzene rings is 3. The summed E-state index contributed by atoms with van der Waals surface area (Å²) in [5.74, 6) is -0.576. The monoisotopic (exact) mass is 396 g/mol. The van der Waals surface area contributed by atoms with Crippen LogP contribution in [0.15, 0.2) is 84.6 Å². The van der Waals surface area contributed by atoms with Crippen LogP contribution in [0.5, 0.6) is 0 Å². The van der Waals surface area contributed by atoms with E-state index in [0.717, 1.165) is 22.3 Å². The Morgan fingerprint density at radius 3 is 2.07 bits per heavy atom. The van der Waals surface area contributed by atoms with Gasteiger partial charge in [0.25, 0.3) is 11.8 Å². The molecule has 1 aliphatic heterocycles. The molecule has 30 heavy (non-hydrogen) atoms. The van der Waals surface area contributed by atoms with Crippen LogP contribution in [0.25, 0.3) is 5.57 Å². The van der Waals surface area contributed by atoms with Gasteiger partial charge in [0.2, 0.25) is 0 Å². The van der Waals surface area contributed by atoms with Gasteiger partial charge in [-0.1, -0.05) is 72.3 Å². The van der Waals surface area contributed by atoms with E-state index < -0.39 is 0 Å². The number of rotatable bonds is 5. The van der Waals surface area contributed by atoms with Gasteiger partial charge < -0.3 is 4.90 Å². The summed E-state index contributed by atoms with van der Waals surface area (Å²) in [6.07, 6.45) is 0. The van der Waals surface area contributed by atoms with Crippen LogP contribution in [0, 0.1) is 13.8 Å². The minimum Gasteiger partial charge on any atom is -0.365 e. The first-order valence-electron chi connectivity index (χ1n) is 9.98. The number of nitrogens with zero attached hydrogens (tertiary/aromatic N) is 2. The van der Waals surface area contributed by atoms with Crippen LogP contribution in [-0.2, 0) is 16.1 Å². The fraction of sp³-hybridized carbons (Fsp3) is 0.154. The third-order valence-electron chi connectivity index (χ3n) is 5.37. The third-order valence-corrected chi connectivity index (χ3v) is 5.37. The van der Waals surface area contributed by atoms with Gasteiger partial charge in [0.1, 0.15) is 5.70 Å². The molecule has 0 unspecified atom stereocenters. The second-order valence-electron chi connectivity index (χ2n) is 7.66. The summed E-state index contributed by atoms with van der Waals surface area (Å²) in [5.41, 5.74) is 5.44. The van der Waals surface area contributed by atoms with Gasteiger partial charge in [-0.25, -0.2) is 4.90 Å². The van der Waals surface area contributed by atoms with E-state index in [4.69, 9.17) is 0 Å². The predicted molar refractivity (Wildman–Crippen MR) is 120 cm³/mol. The fourth-order valence-corrected chi connectivity index (χ4v) is 3.96. The van der Waals surface area contributed by atoms with Crippen molar-refractivity contribution >= 4 is 23.1 Å². The van der Waals surface area contributed by atoms with Gasteiger partial charge >= 0.3 is 0 Å². The summed E-state index contributed by atoms with van der Waals surface area (Å²) in [5, 5.41) is 0. The van der Waals surface area contributed by atoms with E-state index in [1.807, 2.05) is 92.5 Å². The Morgan fingerprint density at radius 1 is 0.800 bits per heavy atom. The Balaban J connectivity index is 1.84. The van der Waals surface area contributed by atoms with Crippen molar-refractivity contribution in [1.82, 2.24) is 4.90 Å². The van der Waals surface area contributed by atoms with E-state index >= 15 is 0 Å². The molecular weight excluding hydrogens is 372 g/mol. The van der Waals surface area contributed by atoms with Gasteiger partial charge in [0.05, 0.1) is 11.3 Å². The molecule has 2 amide bonds. The summed E-state index contributed by atoms with van der Waals surface area (Å²) in [6, 6.07) is 25.0. The average molecular weight is 396 g/mol. The van der Waals surface area contributed by atoms with Gasteiger partial charge in [0.15, 0.2) is 0 Å². The van der Waals surface area contributed by atoms with Crippen molar-refractivity contribution in [2.24, 2.45) is 0 Å². The molecule has 0 saturated carbocycles. The van der Waals surface area contributed by atoms with E-state index in [-0.39, 0.29) is 11.8 Å². The summed E-state index contributed by atoms with van der Waals surface area (Å²) < 4.78 is 0. The van der Waals surface area contributed by atoms with Crippen LogP contribution in [0.4, 0.5) is 5.69 Å². The molecule has 0 atom stereocenters. The van der Waals surface area contributed by atoms with E-state index in [1.54, 1.807) is 12.1 Å². The standard InChI is InChI=1S/C26H24N2O2/c1-18-14-15-22(19(2)16-18)23-24(27(3)17-20-10-6-4-7-11-20)26(30)28(25(23)29)21-12-8-5-9-13-21/h4-16H,17H2,1-3H3. The average Bonchev–Trinajstić information content (AvgIpc) is 2.99. The fourth-order valence-electron chi connectivity index (χ4n) is 3.96. The van der Waals surface area contributed by atoms with Crippen LogP contribution in [-0.4, -0.2) is 23.8 Å². The predicted octanol–water partition coefficient (Wildman–Crippen LogP) is 4.72. The maximum atomic E-state index is 13.5. The highest BCUT2D eigenvalue weighted by atomic mass is 16.2. The van der Waals surface area contributed by atoms with Crippen molar-refractivity contribution < 1.29 is 9.59 Å². The molecule has 0 spiro atoms. The first-order valence-corrected chi connectivity index (χ1v) is 9.98. The van der Waals surface area contributed by atoms with Crippen LogP contribution >= 0.6 is 0 Å². The molecule has 4 rings (SSSR count). The molecule has 3 aromatic carbocycles. The first-order chi connectivity index (χ1) is 14.5. The minimum atomic E-state index is -0.292. The first kappa shape index (κ1) is 19.6. The zero-order valence-corrected chi connectivity index (χ0v) is 17.4. The number of likely N-dealkylation sites (N-methyl/N-ethyl adjacent to an activating group) is 1. The number of hydrogen-bond acceptors (Lipinski definition) is 3. The van der Waals surface area contributed by atoms with E-state index in [1.165, 1.54) is 4.90 Å². The highest BCUT2D eigenvalue weighted by Crippen LogP contribution is 2.36. The van der Waals surface area contributed by atoms with E-state index in [0.29, 0.717) is 23.5 Å². The summed E-state index contributed by atoms with van der Waals surface area (Å²) >= 11 is 0. The molecule has 4 nitrogen and oxygen atoms in total. The number of anilines is 1. The van der Waals surface area contributed by atoms with Gasteiger partial charge in [-0.3, -0.25) is 9.59 Å². The lowest BCUT2D eigenvalue weighted by Gasteiger charge is -2.22. The highest BCUT2D eigenvalue weighted by Gasteiger charge is 2.42. The number of aryl methyl sites for hydroxylation is 2. The maximum Gasteiger partial charge on any atom is 0.282 e. The third kappa shape index (κ3) is 3.52. The van der Waals surface area contributed by atoms with Crippen molar-refractivity contribution in [3.63, 3.8) is 0 Å². The van der Waals surface area contributed by atoms with Crippen molar-refractivity contribution in [2.45, 2.75) is 20.4 Å². The Kier molecular flexibility index (Phi) is 5.23. The molecule has 4 heteroatoms. The van der Waals surface area contributed by atoms with Crippen LogP contribution in [0.1, 0.15) is 22.3 Å². The topological polar surface area (TPSA) is 40.6 Å². The molecule has 0 radical (unpaired) electrons. The quantitative estimate of drug-likeness (QED) is 0.586. The van der Waals surface area contributed by atoms with Crippen LogP contribution in [0.2, 0.25) is 0 Å². The van der Waals surface area contributed by atoms with E-state index in [2.05, 4.69) is 0 Å². The number of hydrogen-bond donors (Lipinski definition) is 0. The van der Waals surface area contributed by atoms with Gasteiger partial charge in [-0.05, 0) is 42.7 Å². The summed E-state index contributed by atoms with van der Waals surface area (Å²) in [7, 11) is 1.87. The molecule has 150 valence electrons. The van der Waals surface area contributed by atoms with Crippen molar-refractivity contribution in [1.29, 1.82) is 0 Å². The van der Waals surface area contributed by atoms with Gasteiger partial charge in [-0.15, -0.1) is 0 Å². The molecule has 0 aromatic heterocycles.